The number of hydrogen-bond donors (Lipinski definition) is 1. The number of carbonyl (C=O) groups is 2. The quantitative estimate of drug-likeness (QED) is 0.821. The Morgan fingerprint density at radius 2 is 1.71 bits per heavy atom. The van der Waals surface area contributed by atoms with Crippen LogP contribution in [0.15, 0.2) is 24.3 Å². The van der Waals surface area contributed by atoms with E-state index in [4.69, 9.17) is 0 Å². The van der Waals surface area contributed by atoms with E-state index in [1.807, 2.05) is 0 Å². The van der Waals surface area contributed by atoms with E-state index in [0.717, 1.165) is 35.4 Å². The van der Waals surface area contributed by atoms with Crippen molar-refractivity contribution in [3.63, 3.8) is 0 Å². The molecule has 0 aliphatic carbocycles. The number of amides is 3. The van der Waals surface area contributed by atoms with Crippen LogP contribution in [-0.4, -0.2) is 43.8 Å². The number of carbonyl (C=O) groups excluding carboxylic acids is 2. The molecule has 2 rings (SSSR count). The summed E-state index contributed by atoms with van der Waals surface area (Å²) in [6, 6.07) is 3.08. The van der Waals surface area contributed by atoms with Gasteiger partial charge in [0.1, 0.15) is 15.4 Å². The van der Waals surface area contributed by atoms with Gasteiger partial charge in [-0.1, -0.05) is 12.1 Å². The first-order chi connectivity index (χ1) is 10.8. The minimum absolute atomic E-state index is 0.177. The van der Waals surface area contributed by atoms with E-state index in [2.05, 4.69) is 5.32 Å². The SMILES string of the molecule is CC1(c2ccc(C(F)(F)F)cc2)NC(=O)N(CCS(C)(=O)=O)C1=O. The Balaban J connectivity index is 2.27. The van der Waals surface area contributed by atoms with Gasteiger partial charge in [-0.3, -0.25) is 9.69 Å². The zero-order valence-corrected chi connectivity index (χ0v) is 13.7. The number of urea groups is 1. The second-order valence-electron chi connectivity index (χ2n) is 5.72. The molecule has 6 nitrogen and oxygen atoms in total. The van der Waals surface area contributed by atoms with Crippen molar-refractivity contribution in [1.82, 2.24) is 10.2 Å². The van der Waals surface area contributed by atoms with Crippen LogP contribution in [0.2, 0.25) is 0 Å². The fourth-order valence-corrected chi connectivity index (χ4v) is 2.86. The highest BCUT2D eigenvalue weighted by molar-refractivity contribution is 7.90. The van der Waals surface area contributed by atoms with E-state index in [9.17, 15) is 31.2 Å². The van der Waals surface area contributed by atoms with Crippen molar-refractivity contribution in [2.75, 3.05) is 18.6 Å². The summed E-state index contributed by atoms with van der Waals surface area (Å²) in [7, 11) is -3.38. The molecule has 1 aromatic rings. The van der Waals surface area contributed by atoms with Crippen LogP contribution in [0.5, 0.6) is 0 Å². The Hall–Kier alpha value is -2.10. The van der Waals surface area contributed by atoms with Gasteiger partial charge in [-0.25, -0.2) is 13.2 Å². The minimum Gasteiger partial charge on any atom is -0.319 e. The third-order valence-electron chi connectivity index (χ3n) is 3.75. The molecule has 3 amide bonds. The highest BCUT2D eigenvalue weighted by Crippen LogP contribution is 2.33. The Morgan fingerprint density at radius 1 is 1.17 bits per heavy atom. The molecule has 1 aliphatic rings. The lowest BCUT2D eigenvalue weighted by atomic mass is 9.91. The molecule has 10 heteroatoms. The molecular formula is C14H15F3N2O4S. The fourth-order valence-electron chi connectivity index (χ4n) is 2.35. The highest BCUT2D eigenvalue weighted by atomic mass is 32.2. The number of alkyl halides is 3. The summed E-state index contributed by atoms with van der Waals surface area (Å²) in [5, 5.41) is 2.40. The summed E-state index contributed by atoms with van der Waals surface area (Å²) < 4.78 is 60.2. The van der Waals surface area contributed by atoms with Gasteiger partial charge in [-0.2, -0.15) is 13.2 Å². The zero-order chi connectivity index (χ0) is 18.3. The Morgan fingerprint density at radius 3 is 2.17 bits per heavy atom. The first kappa shape index (κ1) is 18.2. The van der Waals surface area contributed by atoms with Crippen LogP contribution < -0.4 is 5.32 Å². The van der Waals surface area contributed by atoms with E-state index < -0.39 is 44.8 Å². The molecule has 1 heterocycles. The van der Waals surface area contributed by atoms with Gasteiger partial charge in [-0.15, -0.1) is 0 Å². The van der Waals surface area contributed by atoms with E-state index in [-0.39, 0.29) is 12.1 Å². The number of nitrogens with one attached hydrogen (secondary N) is 1. The van der Waals surface area contributed by atoms with Crippen molar-refractivity contribution < 1.29 is 31.2 Å². The van der Waals surface area contributed by atoms with Gasteiger partial charge in [0.2, 0.25) is 0 Å². The predicted molar refractivity (Wildman–Crippen MR) is 78.8 cm³/mol. The van der Waals surface area contributed by atoms with Crippen molar-refractivity contribution in [1.29, 1.82) is 0 Å². The summed E-state index contributed by atoms with van der Waals surface area (Å²) in [6.45, 7) is 1.04. The second-order valence-corrected chi connectivity index (χ2v) is 7.98. The van der Waals surface area contributed by atoms with E-state index in [0.29, 0.717) is 0 Å². The molecule has 0 bridgehead atoms. The first-order valence-electron chi connectivity index (χ1n) is 6.84. The maximum absolute atomic E-state index is 12.6. The first-order valence-corrected chi connectivity index (χ1v) is 8.90. The molecule has 1 atom stereocenters. The third kappa shape index (κ3) is 3.53. The average molecular weight is 364 g/mol. The van der Waals surface area contributed by atoms with E-state index in [1.54, 1.807) is 0 Å². The Bertz CT molecular complexity index is 774. The molecule has 0 spiro atoms. The smallest absolute Gasteiger partial charge is 0.319 e. The minimum atomic E-state index is -4.51. The summed E-state index contributed by atoms with van der Waals surface area (Å²) in [4.78, 5) is 25.1. The van der Waals surface area contributed by atoms with Gasteiger partial charge in [0.05, 0.1) is 11.3 Å². The monoisotopic (exact) mass is 364 g/mol. The summed E-state index contributed by atoms with van der Waals surface area (Å²) in [5.41, 5.74) is -2.24. The lowest BCUT2D eigenvalue weighted by Crippen LogP contribution is -2.41. The molecule has 0 saturated carbocycles. The normalized spacial score (nSPS) is 22.0. The average Bonchev–Trinajstić information content (AvgIpc) is 2.66. The van der Waals surface area contributed by atoms with Crippen LogP contribution >= 0.6 is 0 Å². The molecule has 0 radical (unpaired) electrons. The number of nitrogens with zero attached hydrogens (tertiary/aromatic N) is 1. The summed E-state index contributed by atoms with van der Waals surface area (Å²) >= 11 is 0. The Kier molecular flexibility index (Phi) is 4.38. The maximum Gasteiger partial charge on any atom is 0.416 e. The standard InChI is InChI=1S/C14H15F3N2O4S/c1-13(9-3-5-10(6-4-9)14(15,16)17)11(20)19(12(21)18-13)7-8-24(2,22)23/h3-6H,7-8H2,1-2H3,(H,18,21). The number of rotatable bonds is 4. The predicted octanol–water partition coefficient (Wildman–Crippen LogP) is 1.52. The molecule has 132 valence electrons. The van der Waals surface area contributed by atoms with Gasteiger partial charge >= 0.3 is 12.2 Å². The second kappa shape index (κ2) is 5.76. The van der Waals surface area contributed by atoms with E-state index in [1.165, 1.54) is 6.92 Å². The molecule has 24 heavy (non-hydrogen) atoms. The van der Waals surface area contributed by atoms with Gasteiger partial charge in [0.15, 0.2) is 0 Å². The molecule has 1 aliphatic heterocycles. The van der Waals surface area contributed by atoms with Gasteiger partial charge in [0, 0.05) is 12.8 Å². The highest BCUT2D eigenvalue weighted by Gasteiger charge is 2.49. The largest absolute Gasteiger partial charge is 0.416 e. The van der Waals surface area contributed by atoms with Crippen molar-refractivity contribution in [3.05, 3.63) is 35.4 Å². The molecule has 1 unspecified atom stereocenters. The molecule has 1 saturated heterocycles. The topological polar surface area (TPSA) is 83.6 Å². The number of sulfone groups is 1. The molecule has 1 fully saturated rings. The van der Waals surface area contributed by atoms with Crippen molar-refractivity contribution in [3.8, 4) is 0 Å². The number of hydrogen-bond acceptors (Lipinski definition) is 4. The fraction of sp³-hybridized carbons (Fsp3) is 0.429. The van der Waals surface area contributed by atoms with Crippen LogP contribution in [-0.2, 0) is 26.3 Å². The van der Waals surface area contributed by atoms with Crippen LogP contribution in [0.3, 0.4) is 0 Å². The van der Waals surface area contributed by atoms with Crippen LogP contribution in [0, 0.1) is 0 Å². The lowest BCUT2D eigenvalue weighted by Gasteiger charge is -2.22. The van der Waals surface area contributed by atoms with Gasteiger partial charge in [0.25, 0.3) is 5.91 Å². The van der Waals surface area contributed by atoms with Crippen LogP contribution in [0.1, 0.15) is 18.1 Å². The zero-order valence-electron chi connectivity index (χ0n) is 12.8. The number of imide groups is 1. The summed E-state index contributed by atoms with van der Waals surface area (Å²) in [6.07, 6.45) is -3.54. The lowest BCUT2D eigenvalue weighted by molar-refractivity contribution is -0.137. The van der Waals surface area contributed by atoms with Crippen molar-refractivity contribution in [2.24, 2.45) is 0 Å². The van der Waals surface area contributed by atoms with Crippen LogP contribution in [0.4, 0.5) is 18.0 Å². The van der Waals surface area contributed by atoms with E-state index >= 15 is 0 Å². The van der Waals surface area contributed by atoms with Gasteiger partial charge in [-0.05, 0) is 24.6 Å². The van der Waals surface area contributed by atoms with Crippen LogP contribution in [0.25, 0.3) is 0 Å². The maximum atomic E-state index is 12.6. The van der Waals surface area contributed by atoms with Crippen molar-refractivity contribution >= 4 is 21.8 Å². The Labute approximate surface area is 136 Å². The van der Waals surface area contributed by atoms with Gasteiger partial charge < -0.3 is 5.32 Å². The summed E-state index contributed by atoms with van der Waals surface area (Å²) in [5.74, 6) is -1.11. The molecule has 0 aromatic heterocycles. The third-order valence-corrected chi connectivity index (χ3v) is 4.67. The molecular weight excluding hydrogens is 349 g/mol. The molecule has 1 aromatic carbocycles. The number of halogens is 3. The number of benzene rings is 1. The van der Waals surface area contributed by atoms with Crippen molar-refractivity contribution in [2.45, 2.75) is 18.6 Å². The molecule has 1 N–H and O–H groups in total.